The van der Waals surface area contributed by atoms with E-state index in [-0.39, 0.29) is 18.2 Å². The van der Waals surface area contributed by atoms with Gasteiger partial charge in [0.2, 0.25) is 5.88 Å². The third-order valence-corrected chi connectivity index (χ3v) is 4.71. The number of carbonyl (C=O) groups is 1. The number of fused-ring (bicyclic) bond motifs is 3. The fourth-order valence-electron chi connectivity index (χ4n) is 3.29. The van der Waals surface area contributed by atoms with Crippen LogP contribution in [0.1, 0.15) is 23.0 Å². The zero-order valence-corrected chi connectivity index (χ0v) is 16.0. The van der Waals surface area contributed by atoms with Crippen molar-refractivity contribution in [3.05, 3.63) is 65.9 Å². The van der Waals surface area contributed by atoms with Crippen LogP contribution in [0, 0.1) is 0 Å². The molecule has 1 aliphatic heterocycles. The molecule has 5 rings (SSSR count). The SMILES string of the molecule is CCOc1ccc(-c2cc(NC(=O)c3noc4c3COc3ccccc3-4)on2)cc1. The first-order chi connectivity index (χ1) is 14.7. The van der Waals surface area contributed by atoms with E-state index >= 15 is 0 Å². The number of aromatic nitrogens is 2. The van der Waals surface area contributed by atoms with Crippen LogP contribution >= 0.6 is 0 Å². The number of para-hydroxylation sites is 1. The number of nitrogens with one attached hydrogen (secondary N) is 1. The molecule has 0 radical (unpaired) electrons. The predicted octanol–water partition coefficient (Wildman–Crippen LogP) is 4.54. The molecule has 8 heteroatoms. The summed E-state index contributed by atoms with van der Waals surface area (Å²) in [7, 11) is 0. The van der Waals surface area contributed by atoms with Gasteiger partial charge < -0.3 is 18.5 Å². The highest BCUT2D eigenvalue weighted by atomic mass is 16.5. The van der Waals surface area contributed by atoms with Crippen molar-refractivity contribution in [3.8, 4) is 34.1 Å². The molecular weight excluding hydrogens is 386 g/mol. The Morgan fingerprint density at radius 2 is 1.93 bits per heavy atom. The number of nitrogens with zero attached hydrogens (tertiary/aromatic N) is 2. The lowest BCUT2D eigenvalue weighted by atomic mass is 10.0. The molecule has 3 heterocycles. The highest BCUT2D eigenvalue weighted by Gasteiger charge is 2.29. The molecule has 150 valence electrons. The lowest BCUT2D eigenvalue weighted by Crippen LogP contribution is -2.16. The number of hydrogen-bond donors (Lipinski definition) is 1. The Hall–Kier alpha value is -4.07. The van der Waals surface area contributed by atoms with Gasteiger partial charge >= 0.3 is 0 Å². The molecule has 0 unspecified atom stereocenters. The molecular formula is C22H17N3O5. The van der Waals surface area contributed by atoms with Crippen LogP contribution < -0.4 is 14.8 Å². The normalized spacial score (nSPS) is 11.9. The summed E-state index contributed by atoms with van der Waals surface area (Å²) in [6.07, 6.45) is 0. The van der Waals surface area contributed by atoms with Crippen molar-refractivity contribution in [3.63, 3.8) is 0 Å². The van der Waals surface area contributed by atoms with Gasteiger partial charge in [-0.05, 0) is 43.3 Å². The molecule has 1 aliphatic rings. The Balaban J connectivity index is 1.34. The van der Waals surface area contributed by atoms with Crippen LogP contribution in [-0.2, 0) is 6.61 Å². The smallest absolute Gasteiger partial charge is 0.280 e. The summed E-state index contributed by atoms with van der Waals surface area (Å²) >= 11 is 0. The molecule has 0 atom stereocenters. The second kappa shape index (κ2) is 7.40. The summed E-state index contributed by atoms with van der Waals surface area (Å²) in [6, 6.07) is 16.5. The monoisotopic (exact) mass is 403 g/mol. The molecule has 1 N–H and O–H groups in total. The molecule has 30 heavy (non-hydrogen) atoms. The van der Waals surface area contributed by atoms with E-state index in [1.165, 1.54) is 0 Å². The summed E-state index contributed by atoms with van der Waals surface area (Å²) in [6.45, 7) is 2.73. The second-order valence-electron chi connectivity index (χ2n) is 6.61. The molecule has 0 saturated carbocycles. The van der Waals surface area contributed by atoms with Crippen molar-refractivity contribution < 1.29 is 23.3 Å². The van der Waals surface area contributed by atoms with Gasteiger partial charge in [0.15, 0.2) is 11.5 Å². The van der Waals surface area contributed by atoms with Crippen LogP contribution in [0.25, 0.3) is 22.6 Å². The zero-order chi connectivity index (χ0) is 20.5. The van der Waals surface area contributed by atoms with E-state index in [0.29, 0.717) is 29.4 Å². The Morgan fingerprint density at radius 1 is 1.10 bits per heavy atom. The van der Waals surface area contributed by atoms with Gasteiger partial charge in [0.1, 0.15) is 23.8 Å². The number of benzene rings is 2. The summed E-state index contributed by atoms with van der Waals surface area (Å²) in [4.78, 5) is 12.7. The first-order valence-corrected chi connectivity index (χ1v) is 9.45. The van der Waals surface area contributed by atoms with Gasteiger partial charge in [0, 0.05) is 11.6 Å². The van der Waals surface area contributed by atoms with E-state index in [0.717, 1.165) is 16.9 Å². The third kappa shape index (κ3) is 3.18. The predicted molar refractivity (Wildman–Crippen MR) is 107 cm³/mol. The van der Waals surface area contributed by atoms with E-state index in [2.05, 4.69) is 15.6 Å². The van der Waals surface area contributed by atoms with Crippen molar-refractivity contribution in [2.75, 3.05) is 11.9 Å². The second-order valence-corrected chi connectivity index (χ2v) is 6.61. The van der Waals surface area contributed by atoms with Crippen molar-refractivity contribution in [2.45, 2.75) is 13.5 Å². The highest BCUT2D eigenvalue weighted by molar-refractivity contribution is 6.04. The fourth-order valence-corrected chi connectivity index (χ4v) is 3.29. The van der Waals surface area contributed by atoms with E-state index in [9.17, 15) is 4.79 Å². The van der Waals surface area contributed by atoms with Gasteiger partial charge in [0.25, 0.3) is 5.91 Å². The Labute approximate surface area is 171 Å². The topological polar surface area (TPSA) is 99.6 Å². The summed E-state index contributed by atoms with van der Waals surface area (Å²) in [5, 5.41) is 10.6. The van der Waals surface area contributed by atoms with Crippen LogP contribution in [0.5, 0.6) is 11.5 Å². The minimum Gasteiger partial charge on any atom is -0.494 e. The maximum absolute atomic E-state index is 12.7. The number of anilines is 1. The standard InChI is InChI=1S/C22H17N3O5/c1-2-27-14-9-7-13(8-10-14)17-11-19(29-24-17)23-22(26)20-16-12-28-18-6-4-3-5-15(18)21(16)30-25-20/h3-11H,2,12H2,1H3,(H,23,26). The Morgan fingerprint density at radius 3 is 2.77 bits per heavy atom. The number of ether oxygens (including phenoxy) is 2. The van der Waals surface area contributed by atoms with E-state index in [1.54, 1.807) is 6.07 Å². The van der Waals surface area contributed by atoms with Crippen molar-refractivity contribution in [1.29, 1.82) is 0 Å². The number of hydrogen-bond acceptors (Lipinski definition) is 7. The molecule has 0 spiro atoms. The zero-order valence-electron chi connectivity index (χ0n) is 16.0. The largest absolute Gasteiger partial charge is 0.494 e. The molecule has 2 aromatic carbocycles. The lowest BCUT2D eigenvalue weighted by Gasteiger charge is -2.15. The maximum atomic E-state index is 12.7. The fraction of sp³-hybridized carbons (Fsp3) is 0.136. The minimum absolute atomic E-state index is 0.151. The summed E-state index contributed by atoms with van der Waals surface area (Å²) in [5.41, 5.74) is 2.94. The number of rotatable bonds is 5. The maximum Gasteiger partial charge on any atom is 0.280 e. The summed E-state index contributed by atoms with van der Waals surface area (Å²) < 4.78 is 21.8. The van der Waals surface area contributed by atoms with Gasteiger partial charge in [-0.1, -0.05) is 22.4 Å². The highest BCUT2D eigenvalue weighted by Crippen LogP contribution is 2.38. The number of carbonyl (C=O) groups excluding carboxylic acids is 1. The van der Waals surface area contributed by atoms with Gasteiger partial charge in [-0.25, -0.2) is 0 Å². The lowest BCUT2D eigenvalue weighted by molar-refractivity contribution is 0.101. The molecule has 1 amide bonds. The first kappa shape index (κ1) is 18.0. The summed E-state index contributed by atoms with van der Waals surface area (Å²) in [5.74, 6) is 1.76. The quantitative estimate of drug-likeness (QED) is 0.522. The van der Waals surface area contributed by atoms with Gasteiger partial charge in [0.05, 0.1) is 17.7 Å². The van der Waals surface area contributed by atoms with Gasteiger partial charge in [-0.3, -0.25) is 10.1 Å². The molecule has 8 nitrogen and oxygen atoms in total. The molecule has 4 aromatic rings. The van der Waals surface area contributed by atoms with E-state index < -0.39 is 5.91 Å². The van der Waals surface area contributed by atoms with E-state index in [1.807, 2.05) is 55.5 Å². The molecule has 0 saturated heterocycles. The van der Waals surface area contributed by atoms with Crippen molar-refractivity contribution >= 4 is 11.8 Å². The molecule has 2 aromatic heterocycles. The van der Waals surface area contributed by atoms with Crippen molar-refractivity contribution in [1.82, 2.24) is 10.3 Å². The molecule has 0 fully saturated rings. The minimum atomic E-state index is -0.461. The first-order valence-electron chi connectivity index (χ1n) is 9.45. The molecule has 0 aliphatic carbocycles. The van der Waals surface area contributed by atoms with Crippen LogP contribution in [0.3, 0.4) is 0 Å². The van der Waals surface area contributed by atoms with Crippen LogP contribution in [0.15, 0.2) is 63.6 Å². The van der Waals surface area contributed by atoms with E-state index in [4.69, 9.17) is 18.5 Å². The van der Waals surface area contributed by atoms with Crippen LogP contribution in [0.4, 0.5) is 5.88 Å². The van der Waals surface area contributed by atoms with Crippen LogP contribution in [-0.4, -0.2) is 22.8 Å². The number of amides is 1. The Kier molecular flexibility index (Phi) is 4.44. The van der Waals surface area contributed by atoms with Gasteiger partial charge in [-0.2, -0.15) is 0 Å². The average molecular weight is 403 g/mol. The van der Waals surface area contributed by atoms with Crippen LogP contribution in [0.2, 0.25) is 0 Å². The third-order valence-electron chi connectivity index (χ3n) is 4.71. The molecule has 0 bridgehead atoms. The van der Waals surface area contributed by atoms with Crippen molar-refractivity contribution in [2.24, 2.45) is 0 Å². The Bertz CT molecular complexity index is 1210. The average Bonchev–Trinajstić information content (AvgIpc) is 3.42. The van der Waals surface area contributed by atoms with Gasteiger partial charge in [-0.15, -0.1) is 0 Å².